The fourth-order valence-corrected chi connectivity index (χ4v) is 4.74. The van der Waals surface area contributed by atoms with E-state index in [9.17, 15) is 4.79 Å². The molecular weight excluding hydrogens is 520 g/mol. The van der Waals surface area contributed by atoms with Gasteiger partial charge in [-0.2, -0.15) is 5.10 Å². The molecular formula is C30H35ClN2O6. The zero-order chi connectivity index (χ0) is 27.8. The maximum atomic E-state index is 13.2. The first-order valence-electron chi connectivity index (χ1n) is 13.2. The fourth-order valence-electron chi connectivity index (χ4n) is 4.58. The van der Waals surface area contributed by atoms with E-state index in [1.54, 1.807) is 33.4 Å². The first-order valence-corrected chi connectivity index (χ1v) is 13.5. The van der Waals surface area contributed by atoms with E-state index in [1.165, 1.54) is 0 Å². The Hall–Kier alpha value is -3.49. The molecule has 1 aliphatic rings. The highest BCUT2D eigenvalue weighted by molar-refractivity contribution is 6.30. The molecule has 1 aromatic heterocycles. The van der Waals surface area contributed by atoms with Crippen molar-refractivity contribution in [2.45, 2.75) is 46.1 Å². The first-order chi connectivity index (χ1) is 19.0. The zero-order valence-corrected chi connectivity index (χ0v) is 23.7. The highest BCUT2D eigenvalue weighted by atomic mass is 35.5. The molecule has 0 bridgehead atoms. The highest BCUT2D eigenvalue weighted by Gasteiger charge is 2.22. The molecule has 1 aliphatic heterocycles. The third-order valence-electron chi connectivity index (χ3n) is 6.46. The number of aryl methyl sites for hydroxylation is 1. The Morgan fingerprint density at radius 2 is 2.03 bits per heavy atom. The number of rotatable bonds is 13. The van der Waals surface area contributed by atoms with E-state index in [0.29, 0.717) is 41.7 Å². The van der Waals surface area contributed by atoms with Crippen molar-refractivity contribution in [3.8, 4) is 28.5 Å². The van der Waals surface area contributed by atoms with Gasteiger partial charge in [-0.05, 0) is 49.8 Å². The van der Waals surface area contributed by atoms with Crippen molar-refractivity contribution >= 4 is 23.6 Å². The smallest absolute Gasteiger partial charge is 0.334 e. The number of ether oxygens (including phenoxy) is 5. The van der Waals surface area contributed by atoms with Gasteiger partial charge >= 0.3 is 5.97 Å². The number of aromatic nitrogens is 2. The Morgan fingerprint density at radius 3 is 2.77 bits per heavy atom. The molecule has 0 N–H and O–H groups in total. The summed E-state index contributed by atoms with van der Waals surface area (Å²) in [6.45, 7) is 5.59. The van der Waals surface area contributed by atoms with Crippen LogP contribution in [-0.2, 0) is 33.7 Å². The second kappa shape index (κ2) is 13.5. The van der Waals surface area contributed by atoms with Gasteiger partial charge in [0.1, 0.15) is 17.2 Å². The number of unbranched alkanes of at least 4 members (excludes halogenated alkanes) is 1. The molecule has 2 heterocycles. The molecule has 39 heavy (non-hydrogen) atoms. The van der Waals surface area contributed by atoms with Crippen LogP contribution in [0.15, 0.2) is 42.1 Å². The number of nitrogens with zero attached hydrogens (tertiary/aromatic N) is 2. The van der Waals surface area contributed by atoms with Crippen molar-refractivity contribution < 1.29 is 28.5 Å². The second-order valence-corrected chi connectivity index (χ2v) is 9.59. The van der Waals surface area contributed by atoms with Gasteiger partial charge < -0.3 is 23.7 Å². The lowest BCUT2D eigenvalue weighted by atomic mass is 9.98. The van der Waals surface area contributed by atoms with Crippen molar-refractivity contribution in [1.29, 1.82) is 0 Å². The van der Waals surface area contributed by atoms with Gasteiger partial charge in [-0.25, -0.2) is 4.79 Å². The summed E-state index contributed by atoms with van der Waals surface area (Å²) in [5.41, 5.74) is 4.78. The van der Waals surface area contributed by atoms with Crippen molar-refractivity contribution in [2.75, 3.05) is 34.2 Å². The SMILES string of the molecule is CCCCn1ncc(C=C(Cc2cc3c(cc2OC)CCO3)C(=O)OCC)c1-c1ccc(Cl)cc1OCOC. The zero-order valence-electron chi connectivity index (χ0n) is 22.9. The van der Waals surface area contributed by atoms with Crippen LogP contribution in [0, 0.1) is 0 Å². The Morgan fingerprint density at radius 1 is 1.18 bits per heavy atom. The van der Waals surface area contributed by atoms with Crippen molar-refractivity contribution in [3.05, 3.63) is 63.8 Å². The third kappa shape index (κ3) is 6.75. The molecule has 3 aromatic rings. The number of esters is 1. The minimum Gasteiger partial charge on any atom is -0.496 e. The topological polar surface area (TPSA) is 81.0 Å². The maximum absolute atomic E-state index is 13.2. The van der Waals surface area contributed by atoms with Crippen LogP contribution in [0.2, 0.25) is 5.02 Å². The number of carbonyl (C=O) groups excluding carboxylic acids is 1. The molecule has 208 valence electrons. The maximum Gasteiger partial charge on any atom is 0.334 e. The molecule has 0 atom stereocenters. The Bertz CT molecular complexity index is 1330. The summed E-state index contributed by atoms with van der Waals surface area (Å²) in [6, 6.07) is 9.40. The average Bonchev–Trinajstić information content (AvgIpc) is 3.56. The predicted octanol–water partition coefficient (Wildman–Crippen LogP) is 6.12. The number of hydrogen-bond acceptors (Lipinski definition) is 7. The van der Waals surface area contributed by atoms with Gasteiger partial charge in [0.15, 0.2) is 6.79 Å². The molecule has 0 saturated heterocycles. The molecule has 8 nitrogen and oxygen atoms in total. The predicted molar refractivity (Wildman–Crippen MR) is 151 cm³/mol. The van der Waals surface area contributed by atoms with Gasteiger partial charge in [-0.1, -0.05) is 24.9 Å². The molecule has 0 unspecified atom stereocenters. The van der Waals surface area contributed by atoms with Crippen LogP contribution in [0.5, 0.6) is 17.2 Å². The summed E-state index contributed by atoms with van der Waals surface area (Å²) < 4.78 is 29.9. The molecule has 0 fully saturated rings. The van der Waals surface area contributed by atoms with Crippen molar-refractivity contribution in [3.63, 3.8) is 0 Å². The standard InChI is InChI=1S/C30H35ClN2O6/c1-5-7-11-33-29(25-9-8-24(31)17-28(25)39-19-35-3)23(18-32-33)14-22(30(34)37-6-2)13-21-16-27-20(10-12-38-27)15-26(21)36-4/h8-9,14-18H,5-7,10-13,19H2,1-4H3. The number of benzene rings is 2. The van der Waals surface area contributed by atoms with Gasteiger partial charge in [0.05, 0.1) is 32.2 Å². The number of halogens is 1. The van der Waals surface area contributed by atoms with Gasteiger partial charge in [0.25, 0.3) is 0 Å². The van der Waals surface area contributed by atoms with Crippen LogP contribution in [0.25, 0.3) is 17.3 Å². The fraction of sp³-hybridized carbons (Fsp3) is 0.400. The van der Waals surface area contributed by atoms with Gasteiger partial charge in [-0.3, -0.25) is 4.68 Å². The summed E-state index contributed by atoms with van der Waals surface area (Å²) in [6.07, 6.45) is 6.68. The molecule has 0 radical (unpaired) electrons. The van der Waals surface area contributed by atoms with E-state index in [0.717, 1.165) is 53.0 Å². The van der Waals surface area contributed by atoms with E-state index >= 15 is 0 Å². The van der Waals surface area contributed by atoms with E-state index in [1.807, 2.05) is 35.0 Å². The third-order valence-corrected chi connectivity index (χ3v) is 6.70. The van der Waals surface area contributed by atoms with Crippen LogP contribution >= 0.6 is 11.6 Å². The first kappa shape index (κ1) is 28.5. The molecule has 2 aromatic carbocycles. The van der Waals surface area contributed by atoms with Gasteiger partial charge in [-0.15, -0.1) is 0 Å². The largest absolute Gasteiger partial charge is 0.496 e. The lowest BCUT2D eigenvalue weighted by Crippen LogP contribution is -2.11. The molecule has 0 amide bonds. The van der Waals surface area contributed by atoms with Gasteiger partial charge in [0.2, 0.25) is 0 Å². The van der Waals surface area contributed by atoms with E-state index < -0.39 is 5.97 Å². The monoisotopic (exact) mass is 554 g/mol. The second-order valence-electron chi connectivity index (χ2n) is 9.15. The van der Waals surface area contributed by atoms with E-state index in [2.05, 4.69) is 12.0 Å². The Kier molecular flexibility index (Phi) is 9.90. The summed E-state index contributed by atoms with van der Waals surface area (Å²) in [7, 11) is 3.19. The lowest BCUT2D eigenvalue weighted by molar-refractivity contribution is -0.138. The summed E-state index contributed by atoms with van der Waals surface area (Å²) >= 11 is 6.30. The van der Waals surface area contributed by atoms with Crippen LogP contribution in [0.1, 0.15) is 43.4 Å². The molecule has 0 saturated carbocycles. The van der Waals surface area contributed by atoms with E-state index in [4.69, 9.17) is 35.3 Å². The Balaban J connectivity index is 1.83. The molecule has 0 aliphatic carbocycles. The summed E-state index contributed by atoms with van der Waals surface area (Å²) in [5, 5.41) is 5.22. The number of methoxy groups -OCH3 is 2. The van der Waals surface area contributed by atoms with Crippen LogP contribution in [0.3, 0.4) is 0 Å². The molecule has 9 heteroatoms. The summed E-state index contributed by atoms with van der Waals surface area (Å²) in [5.74, 6) is 1.69. The van der Waals surface area contributed by atoms with Crippen molar-refractivity contribution in [2.24, 2.45) is 0 Å². The molecule has 0 spiro atoms. The number of hydrogen-bond donors (Lipinski definition) is 0. The van der Waals surface area contributed by atoms with Crippen LogP contribution in [0.4, 0.5) is 0 Å². The van der Waals surface area contributed by atoms with Crippen LogP contribution in [-0.4, -0.2) is 50.0 Å². The Labute approximate surface area is 234 Å². The quantitative estimate of drug-likeness (QED) is 0.143. The normalized spacial score (nSPS) is 12.7. The number of carbonyl (C=O) groups is 1. The lowest BCUT2D eigenvalue weighted by Gasteiger charge is -2.15. The average molecular weight is 555 g/mol. The van der Waals surface area contributed by atoms with Crippen LogP contribution < -0.4 is 14.2 Å². The summed E-state index contributed by atoms with van der Waals surface area (Å²) in [4.78, 5) is 13.2. The number of fused-ring (bicyclic) bond motifs is 1. The van der Waals surface area contributed by atoms with Gasteiger partial charge in [0, 0.05) is 59.3 Å². The highest BCUT2D eigenvalue weighted by Crippen LogP contribution is 2.37. The minimum atomic E-state index is -0.403. The minimum absolute atomic E-state index is 0.0654. The van der Waals surface area contributed by atoms with E-state index in [-0.39, 0.29) is 13.4 Å². The molecule has 4 rings (SSSR count). The van der Waals surface area contributed by atoms with Crippen molar-refractivity contribution in [1.82, 2.24) is 9.78 Å².